The molecule has 0 bridgehead atoms. The van der Waals surface area contributed by atoms with Crippen LogP contribution in [0.5, 0.6) is 0 Å². The molecule has 1 aromatic rings. The molecule has 1 heterocycles. The molecule has 0 radical (unpaired) electrons. The summed E-state index contributed by atoms with van der Waals surface area (Å²) >= 11 is 4.65. The molecule has 2 N–H and O–H groups in total. The predicted molar refractivity (Wildman–Crippen MR) is 75.1 cm³/mol. The number of amides is 1. The number of carboxylic acid groups (broad SMARTS) is 1. The molecule has 1 amide bonds. The molecule has 0 spiro atoms. The van der Waals surface area contributed by atoms with Crippen molar-refractivity contribution in [3.05, 3.63) is 20.3 Å². The Morgan fingerprint density at radius 3 is 2.56 bits per heavy atom. The smallest absolute Gasteiger partial charge is 0.326 e. The average Bonchev–Trinajstić information content (AvgIpc) is 2.65. The Hall–Kier alpha value is -0.880. The van der Waals surface area contributed by atoms with Gasteiger partial charge < -0.3 is 10.4 Å². The highest BCUT2D eigenvalue weighted by molar-refractivity contribution is 9.11. The van der Waals surface area contributed by atoms with E-state index < -0.39 is 12.0 Å². The van der Waals surface area contributed by atoms with Crippen LogP contribution >= 0.6 is 27.3 Å². The molecule has 0 saturated carbocycles. The van der Waals surface area contributed by atoms with Gasteiger partial charge in [-0.15, -0.1) is 11.3 Å². The van der Waals surface area contributed by atoms with E-state index in [1.807, 2.05) is 20.8 Å². The van der Waals surface area contributed by atoms with Crippen LogP contribution in [0.25, 0.3) is 0 Å². The molecule has 1 rings (SSSR count). The minimum absolute atomic E-state index is 0.101. The zero-order chi connectivity index (χ0) is 13.9. The van der Waals surface area contributed by atoms with Crippen molar-refractivity contribution < 1.29 is 14.7 Å². The molecule has 0 saturated heterocycles. The molecular weight excluding hydrogens is 318 g/mol. The summed E-state index contributed by atoms with van der Waals surface area (Å²) in [6.07, 6.45) is 0.699. The first kappa shape index (κ1) is 15.2. The Morgan fingerprint density at radius 1 is 1.56 bits per heavy atom. The van der Waals surface area contributed by atoms with E-state index in [0.29, 0.717) is 11.3 Å². The second kappa shape index (κ2) is 6.33. The van der Waals surface area contributed by atoms with Crippen molar-refractivity contribution in [2.45, 2.75) is 33.2 Å². The summed E-state index contributed by atoms with van der Waals surface area (Å²) < 4.78 is 0.892. The lowest BCUT2D eigenvalue weighted by molar-refractivity contribution is -0.140. The summed E-state index contributed by atoms with van der Waals surface area (Å²) in [4.78, 5) is 23.6. The van der Waals surface area contributed by atoms with Crippen molar-refractivity contribution in [3.63, 3.8) is 0 Å². The van der Waals surface area contributed by atoms with Crippen molar-refractivity contribution in [2.24, 2.45) is 5.92 Å². The van der Waals surface area contributed by atoms with Crippen LogP contribution in [0.15, 0.2) is 9.85 Å². The van der Waals surface area contributed by atoms with Gasteiger partial charge in [-0.1, -0.05) is 20.3 Å². The fourth-order valence-corrected chi connectivity index (χ4v) is 2.91. The lowest BCUT2D eigenvalue weighted by Gasteiger charge is -2.19. The highest BCUT2D eigenvalue weighted by Gasteiger charge is 2.26. The molecule has 0 aliphatic heterocycles. The van der Waals surface area contributed by atoms with Crippen LogP contribution in [0.2, 0.25) is 0 Å². The number of aliphatic carboxylic acids is 1. The Kier molecular flexibility index (Phi) is 5.34. The highest BCUT2D eigenvalue weighted by atomic mass is 79.9. The second-order valence-corrected chi connectivity index (χ2v) is 6.61. The van der Waals surface area contributed by atoms with E-state index in [-0.39, 0.29) is 11.8 Å². The van der Waals surface area contributed by atoms with E-state index in [9.17, 15) is 9.59 Å². The Labute approximate surface area is 119 Å². The Morgan fingerprint density at radius 2 is 2.17 bits per heavy atom. The van der Waals surface area contributed by atoms with Crippen LogP contribution in [-0.2, 0) is 4.79 Å². The third-order valence-electron chi connectivity index (χ3n) is 2.85. The minimum atomic E-state index is -0.995. The summed E-state index contributed by atoms with van der Waals surface area (Å²) in [6, 6.07) is 0.906. The zero-order valence-electron chi connectivity index (χ0n) is 10.5. The summed E-state index contributed by atoms with van der Waals surface area (Å²) in [5.41, 5.74) is 0.973. The molecule has 2 atom stereocenters. The number of thiophene rings is 1. The van der Waals surface area contributed by atoms with E-state index >= 15 is 0 Å². The first-order valence-corrected chi connectivity index (χ1v) is 7.27. The van der Waals surface area contributed by atoms with Gasteiger partial charge in [0.15, 0.2) is 0 Å². The van der Waals surface area contributed by atoms with E-state index in [1.165, 1.54) is 11.3 Å². The van der Waals surface area contributed by atoms with Crippen molar-refractivity contribution in [3.8, 4) is 0 Å². The van der Waals surface area contributed by atoms with Gasteiger partial charge in [0.1, 0.15) is 6.04 Å². The van der Waals surface area contributed by atoms with Gasteiger partial charge in [0, 0.05) is 0 Å². The molecular formula is C12H16BrNO3S. The number of hydrogen-bond acceptors (Lipinski definition) is 3. The second-order valence-electron chi connectivity index (χ2n) is 4.24. The van der Waals surface area contributed by atoms with Crippen molar-refractivity contribution in [2.75, 3.05) is 0 Å². The van der Waals surface area contributed by atoms with Gasteiger partial charge in [0.25, 0.3) is 5.91 Å². The predicted octanol–water partition coefficient (Wildman–Crippen LogP) is 3.05. The third-order valence-corrected chi connectivity index (χ3v) is 4.98. The van der Waals surface area contributed by atoms with E-state index in [4.69, 9.17) is 5.11 Å². The summed E-state index contributed by atoms with van der Waals surface area (Å²) in [7, 11) is 0. The maximum absolute atomic E-state index is 12.0. The molecule has 100 valence electrons. The van der Waals surface area contributed by atoms with Gasteiger partial charge in [-0.25, -0.2) is 4.79 Å². The number of rotatable bonds is 5. The quantitative estimate of drug-likeness (QED) is 0.870. The number of carbonyl (C=O) groups is 2. The van der Waals surface area contributed by atoms with Crippen LogP contribution in [0.4, 0.5) is 0 Å². The van der Waals surface area contributed by atoms with Crippen LogP contribution < -0.4 is 5.32 Å². The van der Waals surface area contributed by atoms with E-state index in [1.54, 1.807) is 6.07 Å². The maximum atomic E-state index is 12.0. The molecule has 0 aliphatic rings. The first-order chi connectivity index (χ1) is 8.36. The van der Waals surface area contributed by atoms with Crippen LogP contribution in [0.1, 0.15) is 35.5 Å². The van der Waals surface area contributed by atoms with Gasteiger partial charge in [0.2, 0.25) is 0 Å². The van der Waals surface area contributed by atoms with Gasteiger partial charge in [-0.05, 0) is 40.4 Å². The molecule has 0 aromatic carbocycles. The molecule has 4 nitrogen and oxygen atoms in total. The van der Waals surface area contributed by atoms with Crippen molar-refractivity contribution >= 4 is 39.1 Å². The monoisotopic (exact) mass is 333 g/mol. The molecule has 2 unspecified atom stereocenters. The molecule has 0 fully saturated rings. The SMILES string of the molecule is CCC(C)C(NC(=O)c1cc(C)c(Br)s1)C(=O)O. The summed E-state index contributed by atoms with van der Waals surface area (Å²) in [5.74, 6) is -1.43. The Bertz CT molecular complexity index is 439. The normalized spacial score (nSPS) is 14.0. The highest BCUT2D eigenvalue weighted by Crippen LogP contribution is 2.27. The van der Waals surface area contributed by atoms with Gasteiger partial charge >= 0.3 is 5.97 Å². The van der Waals surface area contributed by atoms with E-state index in [0.717, 1.165) is 9.35 Å². The number of carboxylic acids is 1. The fourth-order valence-electron chi connectivity index (χ4n) is 1.47. The topological polar surface area (TPSA) is 66.4 Å². The summed E-state index contributed by atoms with van der Waals surface area (Å²) in [5, 5.41) is 11.7. The standard InChI is InChI=1S/C12H16BrNO3S/c1-4-6(2)9(12(16)17)14-11(15)8-5-7(3)10(13)18-8/h5-6,9H,4H2,1-3H3,(H,14,15)(H,16,17). The molecule has 18 heavy (non-hydrogen) atoms. The number of halogens is 1. The largest absolute Gasteiger partial charge is 0.480 e. The van der Waals surface area contributed by atoms with Crippen LogP contribution in [0, 0.1) is 12.8 Å². The number of carbonyl (C=O) groups excluding carboxylic acids is 1. The number of aryl methyl sites for hydroxylation is 1. The van der Waals surface area contributed by atoms with Gasteiger partial charge in [0.05, 0.1) is 8.66 Å². The Balaban J connectivity index is 2.81. The van der Waals surface area contributed by atoms with Gasteiger partial charge in [-0.3, -0.25) is 4.79 Å². The first-order valence-electron chi connectivity index (χ1n) is 5.66. The zero-order valence-corrected chi connectivity index (χ0v) is 12.9. The van der Waals surface area contributed by atoms with Crippen molar-refractivity contribution in [1.29, 1.82) is 0 Å². The molecule has 1 aromatic heterocycles. The lowest BCUT2D eigenvalue weighted by Crippen LogP contribution is -2.44. The molecule has 0 aliphatic carbocycles. The third kappa shape index (κ3) is 3.55. The average molecular weight is 334 g/mol. The number of hydrogen-bond donors (Lipinski definition) is 2. The van der Waals surface area contributed by atoms with Gasteiger partial charge in [-0.2, -0.15) is 0 Å². The summed E-state index contributed by atoms with van der Waals surface area (Å²) in [6.45, 7) is 5.61. The van der Waals surface area contributed by atoms with Crippen molar-refractivity contribution in [1.82, 2.24) is 5.32 Å². The molecule has 6 heteroatoms. The lowest BCUT2D eigenvalue weighted by atomic mass is 9.99. The van der Waals surface area contributed by atoms with Crippen LogP contribution in [0.3, 0.4) is 0 Å². The number of nitrogens with one attached hydrogen (secondary N) is 1. The fraction of sp³-hybridized carbons (Fsp3) is 0.500. The maximum Gasteiger partial charge on any atom is 0.326 e. The van der Waals surface area contributed by atoms with E-state index in [2.05, 4.69) is 21.2 Å². The van der Waals surface area contributed by atoms with Crippen LogP contribution in [-0.4, -0.2) is 23.0 Å². The minimum Gasteiger partial charge on any atom is -0.480 e.